The average molecular weight is 214 g/mol. The first kappa shape index (κ1) is 12.5. The number of carbonyl (C=O) groups is 1. The number of nitrogens with zero attached hydrogens (tertiary/aromatic N) is 1. The molecule has 0 aromatic rings. The van der Waals surface area contributed by atoms with Crippen molar-refractivity contribution >= 4 is 5.97 Å². The third-order valence-corrected chi connectivity index (χ3v) is 2.82. The fraction of sp³-hybridized carbons (Fsp3) is 0.909. The second kappa shape index (κ2) is 6.80. The van der Waals surface area contributed by atoms with Gasteiger partial charge in [0.2, 0.25) is 0 Å². The molecule has 1 fully saturated rings. The molecule has 15 heavy (non-hydrogen) atoms. The van der Waals surface area contributed by atoms with Gasteiger partial charge in [-0.25, -0.2) is 0 Å². The number of ether oxygens (including phenoxy) is 1. The molecular formula is C11H22N2O2. The van der Waals surface area contributed by atoms with Gasteiger partial charge in [0, 0.05) is 13.1 Å². The fourth-order valence-electron chi connectivity index (χ4n) is 2.02. The molecule has 0 bridgehead atoms. The van der Waals surface area contributed by atoms with Crippen molar-refractivity contribution in [2.75, 3.05) is 33.3 Å². The van der Waals surface area contributed by atoms with Crippen LogP contribution in [0.25, 0.3) is 0 Å². The lowest BCUT2D eigenvalue weighted by atomic mass is 10.0. The van der Waals surface area contributed by atoms with Gasteiger partial charge in [-0.05, 0) is 33.4 Å². The van der Waals surface area contributed by atoms with Crippen LogP contribution in [-0.4, -0.2) is 50.2 Å². The highest BCUT2D eigenvalue weighted by molar-refractivity contribution is 5.75. The van der Waals surface area contributed by atoms with Crippen molar-refractivity contribution < 1.29 is 9.53 Å². The lowest BCUT2D eigenvalue weighted by Gasteiger charge is -2.33. The summed E-state index contributed by atoms with van der Waals surface area (Å²) < 4.78 is 5.09. The molecule has 4 nitrogen and oxygen atoms in total. The molecule has 0 spiro atoms. The second-order valence-corrected chi connectivity index (χ2v) is 3.90. The first-order chi connectivity index (χ1) is 7.29. The van der Waals surface area contributed by atoms with Gasteiger partial charge in [0.1, 0.15) is 6.04 Å². The van der Waals surface area contributed by atoms with Crippen LogP contribution < -0.4 is 5.32 Å². The Morgan fingerprint density at radius 2 is 2.33 bits per heavy atom. The minimum absolute atomic E-state index is 0.00736. The van der Waals surface area contributed by atoms with Crippen LogP contribution in [-0.2, 0) is 9.53 Å². The molecule has 1 N–H and O–H groups in total. The van der Waals surface area contributed by atoms with Crippen LogP contribution in [0.5, 0.6) is 0 Å². The number of rotatable bonds is 5. The summed E-state index contributed by atoms with van der Waals surface area (Å²) in [4.78, 5) is 13.9. The zero-order chi connectivity index (χ0) is 11.1. The highest BCUT2D eigenvalue weighted by Crippen LogP contribution is 2.17. The Bertz CT molecular complexity index is 197. The van der Waals surface area contributed by atoms with Gasteiger partial charge in [-0.2, -0.15) is 0 Å². The topological polar surface area (TPSA) is 41.6 Å². The summed E-state index contributed by atoms with van der Waals surface area (Å²) in [6, 6.07) is -0.00736. The number of hydrogen-bond acceptors (Lipinski definition) is 4. The maximum Gasteiger partial charge on any atom is 0.323 e. The Hall–Kier alpha value is -0.610. The van der Waals surface area contributed by atoms with Gasteiger partial charge >= 0.3 is 5.97 Å². The quantitative estimate of drug-likeness (QED) is 0.681. The first-order valence-electron chi connectivity index (χ1n) is 5.85. The zero-order valence-electron chi connectivity index (χ0n) is 9.79. The largest absolute Gasteiger partial charge is 0.465 e. The molecule has 0 aromatic heterocycles. The van der Waals surface area contributed by atoms with Crippen molar-refractivity contribution in [2.45, 2.75) is 32.2 Å². The molecule has 1 atom stereocenters. The predicted octanol–water partition coefficient (Wildman–Crippen LogP) is 0.623. The minimum Gasteiger partial charge on any atom is -0.465 e. The Morgan fingerprint density at radius 1 is 1.53 bits per heavy atom. The van der Waals surface area contributed by atoms with Crippen molar-refractivity contribution in [1.29, 1.82) is 0 Å². The molecule has 0 aliphatic carbocycles. The normalized spacial score (nSPS) is 22.7. The van der Waals surface area contributed by atoms with Crippen molar-refractivity contribution in [1.82, 2.24) is 10.2 Å². The van der Waals surface area contributed by atoms with Crippen molar-refractivity contribution in [3.8, 4) is 0 Å². The van der Waals surface area contributed by atoms with Crippen LogP contribution in [0.2, 0.25) is 0 Å². The average Bonchev–Trinajstić information content (AvgIpc) is 2.27. The van der Waals surface area contributed by atoms with E-state index in [0.29, 0.717) is 6.61 Å². The number of hydrogen-bond donors (Lipinski definition) is 1. The third kappa shape index (κ3) is 3.80. The zero-order valence-corrected chi connectivity index (χ0v) is 9.79. The maximum atomic E-state index is 11.7. The number of carbonyl (C=O) groups excluding carboxylic acids is 1. The van der Waals surface area contributed by atoms with Gasteiger partial charge in [-0.1, -0.05) is 6.42 Å². The summed E-state index contributed by atoms with van der Waals surface area (Å²) in [5.41, 5.74) is 0. The molecule has 1 aliphatic rings. The van der Waals surface area contributed by atoms with Crippen LogP contribution in [0, 0.1) is 0 Å². The standard InChI is InChI=1S/C11H22N2O2/c1-3-15-11(14)10-6-4-5-8-13(10)9-7-12-2/h10,12H,3-9H2,1-2H3. The number of nitrogens with one attached hydrogen (secondary N) is 1. The molecule has 1 rings (SSSR count). The molecule has 1 unspecified atom stereocenters. The number of likely N-dealkylation sites (N-methyl/N-ethyl adjacent to an activating group) is 1. The van der Waals surface area contributed by atoms with Crippen LogP contribution in [0.4, 0.5) is 0 Å². The van der Waals surface area contributed by atoms with Gasteiger partial charge in [0.25, 0.3) is 0 Å². The molecule has 0 aromatic carbocycles. The van der Waals surface area contributed by atoms with Crippen LogP contribution in [0.1, 0.15) is 26.2 Å². The van der Waals surface area contributed by atoms with Gasteiger partial charge < -0.3 is 10.1 Å². The molecule has 4 heteroatoms. The smallest absolute Gasteiger partial charge is 0.323 e. The van der Waals surface area contributed by atoms with E-state index in [1.54, 1.807) is 0 Å². The molecule has 1 heterocycles. The number of esters is 1. The number of piperidine rings is 1. The van der Waals surface area contributed by atoms with Crippen LogP contribution in [0.15, 0.2) is 0 Å². The van der Waals surface area contributed by atoms with Gasteiger partial charge in [0.15, 0.2) is 0 Å². The number of likely N-dealkylation sites (tertiary alicyclic amines) is 1. The van der Waals surface area contributed by atoms with Gasteiger partial charge in [-0.3, -0.25) is 9.69 Å². The van der Waals surface area contributed by atoms with E-state index in [1.165, 1.54) is 6.42 Å². The Balaban J connectivity index is 2.45. The summed E-state index contributed by atoms with van der Waals surface area (Å²) in [7, 11) is 1.93. The molecule has 1 saturated heterocycles. The highest BCUT2D eigenvalue weighted by Gasteiger charge is 2.28. The lowest BCUT2D eigenvalue weighted by Crippen LogP contribution is -2.47. The van der Waals surface area contributed by atoms with Crippen molar-refractivity contribution in [3.05, 3.63) is 0 Å². The first-order valence-corrected chi connectivity index (χ1v) is 5.85. The SMILES string of the molecule is CCOC(=O)C1CCCCN1CCNC. The van der Waals surface area contributed by atoms with Gasteiger partial charge in [-0.15, -0.1) is 0 Å². The van der Waals surface area contributed by atoms with E-state index in [2.05, 4.69) is 10.2 Å². The summed E-state index contributed by atoms with van der Waals surface area (Å²) in [6.45, 7) is 5.22. The molecule has 0 radical (unpaired) electrons. The van der Waals surface area contributed by atoms with E-state index in [1.807, 2.05) is 14.0 Å². The van der Waals surface area contributed by atoms with E-state index in [0.717, 1.165) is 32.5 Å². The Kier molecular flexibility index (Phi) is 5.65. The molecule has 0 amide bonds. The molecule has 1 aliphatic heterocycles. The Labute approximate surface area is 92.0 Å². The summed E-state index contributed by atoms with van der Waals surface area (Å²) in [5.74, 6) is -0.0479. The van der Waals surface area contributed by atoms with Crippen LogP contribution in [0.3, 0.4) is 0 Å². The van der Waals surface area contributed by atoms with E-state index < -0.39 is 0 Å². The third-order valence-electron chi connectivity index (χ3n) is 2.82. The van der Waals surface area contributed by atoms with E-state index >= 15 is 0 Å². The molecule has 0 saturated carbocycles. The van der Waals surface area contributed by atoms with Gasteiger partial charge in [0.05, 0.1) is 6.61 Å². The summed E-state index contributed by atoms with van der Waals surface area (Å²) in [6.07, 6.45) is 3.28. The van der Waals surface area contributed by atoms with Crippen molar-refractivity contribution in [2.24, 2.45) is 0 Å². The maximum absolute atomic E-state index is 11.7. The van der Waals surface area contributed by atoms with E-state index in [9.17, 15) is 4.79 Å². The summed E-state index contributed by atoms with van der Waals surface area (Å²) in [5, 5.41) is 3.11. The second-order valence-electron chi connectivity index (χ2n) is 3.90. The van der Waals surface area contributed by atoms with E-state index in [-0.39, 0.29) is 12.0 Å². The lowest BCUT2D eigenvalue weighted by molar-refractivity contribution is -0.150. The highest BCUT2D eigenvalue weighted by atomic mass is 16.5. The predicted molar refractivity (Wildman–Crippen MR) is 59.8 cm³/mol. The molecule has 88 valence electrons. The van der Waals surface area contributed by atoms with E-state index in [4.69, 9.17) is 4.74 Å². The fourth-order valence-corrected chi connectivity index (χ4v) is 2.02. The Morgan fingerprint density at radius 3 is 3.00 bits per heavy atom. The summed E-state index contributed by atoms with van der Waals surface area (Å²) >= 11 is 0. The van der Waals surface area contributed by atoms with Crippen LogP contribution >= 0.6 is 0 Å². The molecular weight excluding hydrogens is 192 g/mol. The minimum atomic E-state index is -0.0479. The van der Waals surface area contributed by atoms with Crippen molar-refractivity contribution in [3.63, 3.8) is 0 Å². The monoisotopic (exact) mass is 214 g/mol.